The maximum Gasteiger partial charge on any atom is 0.274 e. The molecule has 7 atom stereocenters. The van der Waals surface area contributed by atoms with Crippen molar-refractivity contribution in [3.63, 3.8) is 0 Å². The molecule has 1 aliphatic heterocycles. The van der Waals surface area contributed by atoms with Crippen molar-refractivity contribution in [3.05, 3.63) is 24.8 Å². The van der Waals surface area contributed by atoms with Crippen LogP contribution in [0, 0.1) is 5.41 Å². The predicted molar refractivity (Wildman–Crippen MR) is 182 cm³/mol. The molecule has 2 amide bonds. The molecule has 55 heavy (non-hydrogen) atoms. The summed E-state index contributed by atoms with van der Waals surface area (Å²) in [5.74, 6) is -1.21. The molecule has 0 radical (unpaired) electrons. The molecule has 2 unspecified atom stereocenters. The maximum atomic E-state index is 12.5. The number of rotatable bonds is 22. The topological polar surface area (TPSA) is 375 Å². The Hall–Kier alpha value is -2.70. The second-order valence-corrected chi connectivity index (χ2v) is 17.5. The molecule has 1 fully saturated rings. The van der Waals surface area contributed by atoms with E-state index in [1.807, 2.05) is 13.0 Å². The predicted octanol–water partition coefficient (Wildman–Crippen LogP) is -2.51. The third-order valence-corrected chi connectivity index (χ3v) is 11.3. The van der Waals surface area contributed by atoms with Crippen molar-refractivity contribution >= 4 is 69.1 Å². The Kier molecular flexibility index (Phi) is 17.1. The van der Waals surface area contributed by atoms with E-state index in [4.69, 9.17) is 10.5 Å². The fraction of sp³-hybridized carbons (Fsp3) is 0.630. The summed E-state index contributed by atoms with van der Waals surface area (Å²) in [6.07, 6.45) is -2.86. The number of aliphatic hydroxyl groups excluding tert-OH is 2. The van der Waals surface area contributed by atoms with Gasteiger partial charge in [0.2, 0.25) is 11.8 Å². The number of phosphoric ester groups is 3. The summed E-state index contributed by atoms with van der Waals surface area (Å²) < 4.78 is 60.4. The molecule has 0 aromatic carbocycles. The Bertz CT molecular complexity index is 1830. The first-order valence-corrected chi connectivity index (χ1v) is 21.5. The average Bonchev–Trinajstić information content (AvgIpc) is 3.64. The van der Waals surface area contributed by atoms with E-state index in [0.29, 0.717) is 5.75 Å². The van der Waals surface area contributed by atoms with Crippen LogP contribution in [0.2, 0.25) is 0 Å². The van der Waals surface area contributed by atoms with Crippen molar-refractivity contribution in [1.29, 1.82) is 0 Å². The highest BCUT2D eigenvalue weighted by Crippen LogP contribution is 2.56. The fourth-order valence-corrected chi connectivity index (χ4v) is 8.06. The number of nitrogens with one attached hydrogen (secondary N) is 2. The lowest BCUT2D eigenvalue weighted by molar-refractivity contribution is -0.347. The van der Waals surface area contributed by atoms with E-state index < -0.39 is 84.6 Å². The van der Waals surface area contributed by atoms with Crippen molar-refractivity contribution in [3.8, 4) is 0 Å². The number of nitrogens with two attached hydrogens (primary N) is 1. The minimum Gasteiger partial charge on any atom is -0.790 e. The summed E-state index contributed by atoms with van der Waals surface area (Å²) in [5, 5.41) is 26.1. The number of hydrogen-bond donors (Lipinski definition) is 5. The van der Waals surface area contributed by atoms with Crippen molar-refractivity contribution in [2.45, 2.75) is 70.7 Å². The highest BCUT2D eigenvalue weighted by atomic mass is 32.2. The Morgan fingerprint density at radius 2 is 1.78 bits per heavy atom. The number of phosphoric acid groups is 3. The summed E-state index contributed by atoms with van der Waals surface area (Å²) >= 11 is 1.06. The summed E-state index contributed by atoms with van der Waals surface area (Å²) in [5.41, 5.74) is 4.07. The minimum atomic E-state index is -5.91. The Labute approximate surface area is 318 Å². The number of carbonyl (C=O) groups is 3. The van der Waals surface area contributed by atoms with Crippen LogP contribution in [0.5, 0.6) is 0 Å². The molecule has 1 aliphatic rings. The van der Waals surface area contributed by atoms with Gasteiger partial charge in [0.1, 0.15) is 36.3 Å². The number of aliphatic hydroxyl groups is 2. The van der Waals surface area contributed by atoms with E-state index in [0.717, 1.165) is 35.4 Å². The number of ether oxygens (including phenoxy) is 1. The lowest BCUT2D eigenvalue weighted by Crippen LogP contribution is -2.46. The quantitative estimate of drug-likeness (QED) is 0.0464. The first kappa shape index (κ1) is 46.7. The minimum absolute atomic E-state index is 0.0212. The number of amides is 2. The number of thioether (sulfide) groups is 1. The van der Waals surface area contributed by atoms with E-state index in [9.17, 15) is 57.9 Å². The molecule has 24 nitrogen and oxygen atoms in total. The van der Waals surface area contributed by atoms with Gasteiger partial charge in [-0.05, 0) is 6.42 Å². The van der Waals surface area contributed by atoms with Crippen LogP contribution in [0.15, 0.2) is 24.8 Å². The van der Waals surface area contributed by atoms with Crippen molar-refractivity contribution in [2.75, 3.05) is 37.8 Å². The number of carbonyl (C=O) groups excluding carboxylic acids is 3. The Balaban J connectivity index is 1.49. The van der Waals surface area contributed by atoms with E-state index in [-0.39, 0.29) is 48.0 Å². The van der Waals surface area contributed by atoms with Gasteiger partial charge in [-0.1, -0.05) is 44.7 Å². The molecule has 2 aromatic rings. The van der Waals surface area contributed by atoms with Crippen LogP contribution >= 0.6 is 35.2 Å². The second-order valence-electron chi connectivity index (χ2n) is 12.3. The zero-order chi connectivity index (χ0) is 41.2. The van der Waals surface area contributed by atoms with Crippen LogP contribution in [-0.4, -0.2) is 103 Å². The van der Waals surface area contributed by atoms with E-state index in [2.05, 4.69) is 43.5 Å². The highest BCUT2D eigenvalue weighted by molar-refractivity contribution is 8.13. The van der Waals surface area contributed by atoms with Gasteiger partial charge in [0, 0.05) is 37.1 Å². The molecule has 0 spiro atoms. The first-order valence-electron chi connectivity index (χ1n) is 16.2. The van der Waals surface area contributed by atoms with Crippen LogP contribution in [0.3, 0.4) is 0 Å². The number of allylic oxidation sites excluding steroid dienone is 2. The number of nitrogens with zero attached hydrogens (tertiary/aromatic N) is 4. The monoisotopic (exact) mass is 859 g/mol. The lowest BCUT2D eigenvalue weighted by Gasteiger charge is -2.36. The summed E-state index contributed by atoms with van der Waals surface area (Å²) in [7, 11) is -17.6. The van der Waals surface area contributed by atoms with Gasteiger partial charge in [-0.25, -0.2) is 19.3 Å². The molecule has 0 aliphatic carbocycles. The molecule has 0 saturated carbocycles. The van der Waals surface area contributed by atoms with Gasteiger partial charge in [0.15, 0.2) is 22.8 Å². The molecule has 0 bridgehead atoms. The fourth-order valence-electron chi connectivity index (χ4n) is 4.68. The van der Waals surface area contributed by atoms with Crippen molar-refractivity contribution < 1.29 is 80.5 Å². The molecule has 1 saturated heterocycles. The highest BCUT2D eigenvalue weighted by Gasteiger charge is 2.47. The Morgan fingerprint density at radius 1 is 1.09 bits per heavy atom. The van der Waals surface area contributed by atoms with E-state index >= 15 is 0 Å². The molecular formula is C27H40N7O17P3S-4. The molecule has 28 heteroatoms. The first-order chi connectivity index (χ1) is 25.6. The molecule has 3 heterocycles. The number of nitrogen functional groups attached to an aromatic ring is 1. The molecule has 6 N–H and O–H groups in total. The number of aromatic nitrogens is 4. The third-order valence-electron chi connectivity index (χ3n) is 7.43. The number of anilines is 1. The van der Waals surface area contributed by atoms with Gasteiger partial charge in [-0.3, -0.25) is 28.1 Å². The van der Waals surface area contributed by atoms with Crippen molar-refractivity contribution in [2.24, 2.45) is 5.41 Å². The second kappa shape index (κ2) is 20.1. The van der Waals surface area contributed by atoms with E-state index in [1.165, 1.54) is 13.8 Å². The van der Waals surface area contributed by atoms with Crippen LogP contribution in [0.25, 0.3) is 11.2 Å². The van der Waals surface area contributed by atoms with Crippen LogP contribution in [-0.2, 0) is 50.7 Å². The van der Waals surface area contributed by atoms with Crippen LogP contribution in [0.1, 0.15) is 46.3 Å². The summed E-state index contributed by atoms with van der Waals surface area (Å²) in [6.45, 7) is 2.05. The van der Waals surface area contributed by atoms with Gasteiger partial charge >= 0.3 is 0 Å². The van der Waals surface area contributed by atoms with Crippen LogP contribution < -0.4 is 35.9 Å². The largest absolute Gasteiger partial charge is 0.790 e. The Morgan fingerprint density at radius 3 is 2.45 bits per heavy atom. The maximum absolute atomic E-state index is 12.5. The zero-order valence-electron chi connectivity index (χ0n) is 29.5. The van der Waals surface area contributed by atoms with E-state index in [1.54, 1.807) is 6.08 Å². The average molecular weight is 860 g/mol. The molecule has 310 valence electrons. The zero-order valence-corrected chi connectivity index (χ0v) is 33.0. The summed E-state index contributed by atoms with van der Waals surface area (Å²) in [4.78, 5) is 95.6. The van der Waals surface area contributed by atoms with Gasteiger partial charge in [0.05, 0.1) is 27.4 Å². The van der Waals surface area contributed by atoms with Crippen LogP contribution in [0.4, 0.5) is 5.82 Å². The summed E-state index contributed by atoms with van der Waals surface area (Å²) in [6, 6.07) is 0. The molecular weight excluding hydrogens is 819 g/mol. The number of hydrogen-bond acceptors (Lipinski definition) is 22. The van der Waals surface area contributed by atoms with Gasteiger partial charge in [0.25, 0.3) is 15.6 Å². The SMILES string of the molecule is CC/C=C\CC(=O)SCCNC(=O)CCNC(=O)[C@H](O)C(C)(C)COP(=O)([O-])OP(=O)([O-])OC[C@H]1O[C@@H](n2cnc3c(N)ncnc32)[C@H](O)[C@@H]1OP(=O)([O-])[O-]. The lowest BCUT2D eigenvalue weighted by atomic mass is 9.87. The number of fused-ring (bicyclic) bond motifs is 1. The van der Waals surface area contributed by atoms with Gasteiger partial charge in [-0.2, -0.15) is 0 Å². The molecule has 3 rings (SSSR count). The molecule has 2 aromatic heterocycles. The normalized spacial score (nSPS) is 22.0. The van der Waals surface area contributed by atoms with Gasteiger partial charge in [-0.15, -0.1) is 0 Å². The third kappa shape index (κ3) is 14.6. The smallest absolute Gasteiger partial charge is 0.274 e. The standard InChI is InChI=1S/C27H44N7O17P3S/c1-4-5-6-7-18(36)55-11-10-29-17(35)8-9-30-25(39)22(38)27(2,3)13-48-54(45,46)51-53(43,44)47-12-16-21(50-52(40,41)42)20(37)26(49-16)34-15-33-19-23(28)31-14-32-24(19)34/h5-6,14-16,20-22,26,37-38H,4,7-13H2,1-3H3,(H,29,35)(H,30,39)(H,43,44)(H,45,46)(H2,28,31,32)(H2,40,41,42)/p-4/b6-5-/t16-,20-,21-,22+,26-/m1/s1. The number of imidazole rings is 1. The van der Waals surface area contributed by atoms with Crippen molar-refractivity contribution in [1.82, 2.24) is 30.2 Å². The van der Waals surface area contributed by atoms with Gasteiger partial charge < -0.3 is 69.0 Å².